The average molecular weight is 228 g/mol. The Balaban J connectivity index is 2.05. The molecule has 16 heavy (non-hydrogen) atoms. The highest BCUT2D eigenvalue weighted by Gasteiger charge is 2.31. The fraction of sp³-hybridized carbons (Fsp3) is 0.467. The Bertz CT molecular complexity index is 443. The lowest BCUT2D eigenvalue weighted by Gasteiger charge is -2.27. The largest absolute Gasteiger partial charge is 0.0717 e. The summed E-state index contributed by atoms with van der Waals surface area (Å²) in [5, 5.41) is 0. The number of rotatable bonds is 1. The van der Waals surface area contributed by atoms with E-state index in [1.54, 1.807) is 16.7 Å². The first-order valence-corrected chi connectivity index (χ1v) is 9.55. The Morgan fingerprint density at radius 1 is 1.19 bits per heavy atom. The van der Waals surface area contributed by atoms with E-state index in [9.17, 15) is 0 Å². The average Bonchev–Trinajstić information content (AvgIpc) is 2.67. The predicted molar refractivity (Wildman–Crippen MR) is 73.5 cm³/mol. The zero-order valence-corrected chi connectivity index (χ0v) is 11.4. The summed E-state index contributed by atoms with van der Waals surface area (Å²) >= 11 is 0. The molecular formula is C15H20Si. The molecule has 1 aromatic rings. The molecule has 84 valence electrons. The van der Waals surface area contributed by atoms with E-state index in [0.29, 0.717) is 0 Å². The molecule has 0 nitrogen and oxygen atoms in total. The zero-order valence-electron chi connectivity index (χ0n) is 10.3. The van der Waals surface area contributed by atoms with Crippen LogP contribution < -0.4 is 0 Å². The van der Waals surface area contributed by atoms with E-state index in [1.807, 2.05) is 5.57 Å². The van der Waals surface area contributed by atoms with Crippen molar-refractivity contribution in [3.05, 3.63) is 41.0 Å². The molecule has 2 aliphatic carbocycles. The molecule has 2 aliphatic rings. The Hall–Kier alpha value is -0.823. The van der Waals surface area contributed by atoms with Crippen molar-refractivity contribution in [2.75, 3.05) is 0 Å². The van der Waals surface area contributed by atoms with Crippen LogP contribution in [-0.2, 0) is 6.42 Å². The molecule has 0 spiro atoms. The molecule has 3 rings (SSSR count). The lowest BCUT2D eigenvalue weighted by atomic mass is 9.91. The second-order valence-corrected chi connectivity index (χ2v) is 8.87. The van der Waals surface area contributed by atoms with E-state index in [1.165, 1.54) is 25.7 Å². The molecule has 1 aromatic carbocycles. The van der Waals surface area contributed by atoms with Crippen LogP contribution in [0, 0.1) is 0 Å². The van der Waals surface area contributed by atoms with Gasteiger partial charge in [-0.25, -0.2) is 0 Å². The maximum atomic E-state index is 2.52. The number of benzene rings is 1. The number of fused-ring (bicyclic) bond motifs is 2. The Morgan fingerprint density at radius 2 is 2.00 bits per heavy atom. The van der Waals surface area contributed by atoms with Crippen LogP contribution in [0.2, 0.25) is 18.6 Å². The van der Waals surface area contributed by atoms with Crippen LogP contribution >= 0.6 is 0 Å². The summed E-state index contributed by atoms with van der Waals surface area (Å²) in [6.45, 7) is 5.03. The van der Waals surface area contributed by atoms with E-state index < -0.39 is 8.80 Å². The molecule has 0 bridgehead atoms. The third-order valence-corrected chi connectivity index (χ3v) is 6.65. The molecule has 0 radical (unpaired) electrons. The van der Waals surface area contributed by atoms with E-state index in [4.69, 9.17) is 0 Å². The standard InChI is InChI=1S/C15H20Si/c1-16(2)15-9-5-8-13-12-7-4-3-6-11(12)10-14(13)15/h3-4,6-7,15-16H,5,8-10H2,1-2H3. The summed E-state index contributed by atoms with van der Waals surface area (Å²) in [6.07, 6.45) is 5.49. The van der Waals surface area contributed by atoms with Crippen molar-refractivity contribution < 1.29 is 0 Å². The van der Waals surface area contributed by atoms with Crippen LogP contribution in [0.3, 0.4) is 0 Å². The van der Waals surface area contributed by atoms with Crippen LogP contribution in [0.1, 0.15) is 30.4 Å². The fourth-order valence-corrected chi connectivity index (χ4v) is 5.54. The summed E-state index contributed by atoms with van der Waals surface area (Å²) in [4.78, 5) is 0. The summed E-state index contributed by atoms with van der Waals surface area (Å²) in [5.74, 6) is 0. The Morgan fingerprint density at radius 3 is 2.81 bits per heavy atom. The van der Waals surface area contributed by atoms with Gasteiger partial charge in [0.15, 0.2) is 0 Å². The highest BCUT2D eigenvalue weighted by atomic mass is 28.3. The normalized spacial score (nSPS) is 23.6. The molecule has 1 heteroatoms. The van der Waals surface area contributed by atoms with Crippen LogP contribution in [0.5, 0.6) is 0 Å². The molecule has 1 unspecified atom stereocenters. The van der Waals surface area contributed by atoms with Crippen LogP contribution in [0.15, 0.2) is 29.8 Å². The minimum absolute atomic E-state index is 0.515. The Labute approximate surface area is 100.0 Å². The third-order valence-electron chi connectivity index (χ3n) is 4.31. The van der Waals surface area contributed by atoms with Gasteiger partial charge in [0, 0.05) is 8.80 Å². The first kappa shape index (κ1) is 10.3. The Kier molecular flexibility index (Phi) is 2.51. The second kappa shape index (κ2) is 3.88. The molecule has 0 saturated carbocycles. The van der Waals surface area contributed by atoms with Crippen molar-refractivity contribution in [1.82, 2.24) is 0 Å². The van der Waals surface area contributed by atoms with Gasteiger partial charge in [-0.15, -0.1) is 0 Å². The lowest BCUT2D eigenvalue weighted by molar-refractivity contribution is 0.700. The minimum atomic E-state index is -0.515. The van der Waals surface area contributed by atoms with Crippen molar-refractivity contribution >= 4 is 14.4 Å². The molecular weight excluding hydrogens is 208 g/mol. The van der Waals surface area contributed by atoms with Crippen LogP contribution in [-0.4, -0.2) is 8.80 Å². The molecule has 0 fully saturated rings. The highest BCUT2D eigenvalue weighted by Crippen LogP contribution is 2.47. The topological polar surface area (TPSA) is 0 Å². The minimum Gasteiger partial charge on any atom is -0.0717 e. The molecule has 0 heterocycles. The maximum absolute atomic E-state index is 2.52. The summed E-state index contributed by atoms with van der Waals surface area (Å²) in [7, 11) is -0.515. The summed E-state index contributed by atoms with van der Waals surface area (Å²) in [5.41, 5.74) is 7.71. The van der Waals surface area contributed by atoms with Gasteiger partial charge in [-0.3, -0.25) is 0 Å². The van der Waals surface area contributed by atoms with Crippen molar-refractivity contribution in [3.63, 3.8) is 0 Å². The quantitative estimate of drug-likeness (QED) is 0.636. The van der Waals surface area contributed by atoms with Gasteiger partial charge in [0.25, 0.3) is 0 Å². The lowest BCUT2D eigenvalue weighted by Crippen LogP contribution is -2.18. The molecule has 0 aromatic heterocycles. The molecule has 0 aliphatic heterocycles. The monoisotopic (exact) mass is 228 g/mol. The van der Waals surface area contributed by atoms with E-state index in [0.717, 1.165) is 5.54 Å². The van der Waals surface area contributed by atoms with Crippen molar-refractivity contribution in [1.29, 1.82) is 0 Å². The number of allylic oxidation sites excluding steroid dienone is 2. The van der Waals surface area contributed by atoms with Crippen molar-refractivity contribution in [3.8, 4) is 0 Å². The SMILES string of the molecule is C[SiH](C)C1CCCC2=C1Cc1ccccc12. The van der Waals surface area contributed by atoms with Gasteiger partial charge in [-0.2, -0.15) is 0 Å². The van der Waals surface area contributed by atoms with Gasteiger partial charge < -0.3 is 0 Å². The second-order valence-electron chi connectivity index (χ2n) is 5.58. The smallest absolute Gasteiger partial charge is 0.0384 e. The fourth-order valence-electron chi connectivity index (χ4n) is 3.51. The van der Waals surface area contributed by atoms with Gasteiger partial charge >= 0.3 is 0 Å². The maximum Gasteiger partial charge on any atom is 0.0384 e. The number of hydrogen-bond donors (Lipinski definition) is 0. The number of hydrogen-bond acceptors (Lipinski definition) is 0. The molecule has 0 amide bonds. The van der Waals surface area contributed by atoms with Crippen molar-refractivity contribution in [2.24, 2.45) is 0 Å². The summed E-state index contributed by atoms with van der Waals surface area (Å²) in [6, 6.07) is 9.05. The van der Waals surface area contributed by atoms with E-state index in [2.05, 4.69) is 37.4 Å². The van der Waals surface area contributed by atoms with Crippen LogP contribution in [0.4, 0.5) is 0 Å². The van der Waals surface area contributed by atoms with E-state index in [-0.39, 0.29) is 0 Å². The summed E-state index contributed by atoms with van der Waals surface area (Å²) < 4.78 is 0. The van der Waals surface area contributed by atoms with Gasteiger partial charge in [0.05, 0.1) is 0 Å². The van der Waals surface area contributed by atoms with Crippen molar-refractivity contribution in [2.45, 2.75) is 44.3 Å². The van der Waals surface area contributed by atoms with Gasteiger partial charge in [-0.05, 0) is 47.9 Å². The first-order chi connectivity index (χ1) is 7.77. The molecule has 0 saturated heterocycles. The zero-order chi connectivity index (χ0) is 11.1. The van der Waals surface area contributed by atoms with Gasteiger partial charge in [-0.1, -0.05) is 42.9 Å². The van der Waals surface area contributed by atoms with E-state index >= 15 is 0 Å². The van der Waals surface area contributed by atoms with Gasteiger partial charge in [0.2, 0.25) is 0 Å². The molecule has 1 atom stereocenters. The highest BCUT2D eigenvalue weighted by molar-refractivity contribution is 6.58. The molecule has 0 N–H and O–H groups in total. The van der Waals surface area contributed by atoms with Gasteiger partial charge in [0.1, 0.15) is 0 Å². The van der Waals surface area contributed by atoms with Crippen LogP contribution in [0.25, 0.3) is 5.57 Å². The predicted octanol–water partition coefficient (Wildman–Crippen LogP) is 4.04. The third kappa shape index (κ3) is 1.49. The first-order valence-electron chi connectivity index (χ1n) is 6.57.